The Morgan fingerprint density at radius 2 is 1.72 bits per heavy atom. The number of anilines is 1. The van der Waals surface area contributed by atoms with Crippen LogP contribution in [0, 0.1) is 6.92 Å². The number of aromatic nitrogens is 1. The predicted molar refractivity (Wildman–Crippen MR) is 93.3 cm³/mol. The number of hydrogen-bond donors (Lipinski definition) is 1. The maximum Gasteiger partial charge on any atom is 0.320 e. The summed E-state index contributed by atoms with van der Waals surface area (Å²) in [7, 11) is 0. The highest BCUT2D eigenvalue weighted by molar-refractivity contribution is 5.93. The van der Waals surface area contributed by atoms with E-state index in [0.717, 1.165) is 31.6 Å². The molecule has 1 aromatic rings. The molecule has 2 saturated heterocycles. The van der Waals surface area contributed by atoms with Gasteiger partial charge in [-0.25, -0.2) is 4.79 Å². The van der Waals surface area contributed by atoms with Gasteiger partial charge in [-0.05, 0) is 33.1 Å². The lowest BCUT2D eigenvalue weighted by atomic mass is 10.1. The molecule has 2 fully saturated rings. The number of amides is 3. The van der Waals surface area contributed by atoms with Crippen LogP contribution in [0.2, 0.25) is 0 Å². The summed E-state index contributed by atoms with van der Waals surface area (Å²) in [4.78, 5) is 30.9. The van der Waals surface area contributed by atoms with Crippen molar-refractivity contribution in [3.8, 4) is 0 Å². The van der Waals surface area contributed by atoms with E-state index in [4.69, 9.17) is 4.52 Å². The van der Waals surface area contributed by atoms with Gasteiger partial charge in [0.15, 0.2) is 0 Å². The molecule has 1 N–H and O–H groups in total. The van der Waals surface area contributed by atoms with Gasteiger partial charge in [0.2, 0.25) is 11.8 Å². The molecular weight excluding hydrogens is 322 g/mol. The van der Waals surface area contributed by atoms with Crippen molar-refractivity contribution < 1.29 is 14.1 Å². The van der Waals surface area contributed by atoms with Crippen molar-refractivity contribution in [1.29, 1.82) is 0 Å². The molecule has 0 spiro atoms. The van der Waals surface area contributed by atoms with E-state index in [1.165, 1.54) is 6.42 Å². The molecular formula is C17H27N5O3. The lowest BCUT2D eigenvalue weighted by Crippen LogP contribution is -2.56. The van der Waals surface area contributed by atoms with Crippen LogP contribution in [0.1, 0.15) is 31.9 Å². The molecule has 0 unspecified atom stereocenters. The fourth-order valence-corrected chi connectivity index (χ4v) is 3.40. The van der Waals surface area contributed by atoms with Crippen LogP contribution in [-0.2, 0) is 4.79 Å². The standard InChI is InChI=1S/C17H27N5O3/c1-13-12-15(25-19-13)18-16(23)14(2)20-8-10-22(11-9-20)17(24)21-6-4-3-5-7-21/h12,14H,3-11H2,1-2H3,(H,18,23)/t14-/m1/s1. The Balaban J connectivity index is 1.47. The maximum atomic E-state index is 12.5. The number of nitrogens with zero attached hydrogens (tertiary/aromatic N) is 4. The van der Waals surface area contributed by atoms with E-state index < -0.39 is 0 Å². The summed E-state index contributed by atoms with van der Waals surface area (Å²) >= 11 is 0. The molecule has 1 aromatic heterocycles. The smallest absolute Gasteiger partial charge is 0.320 e. The molecule has 138 valence electrons. The van der Waals surface area contributed by atoms with Crippen molar-refractivity contribution in [3.63, 3.8) is 0 Å². The number of nitrogens with one attached hydrogen (secondary N) is 1. The van der Waals surface area contributed by atoms with Crippen LogP contribution in [-0.4, -0.2) is 77.1 Å². The Morgan fingerprint density at radius 3 is 2.32 bits per heavy atom. The number of piperidine rings is 1. The van der Waals surface area contributed by atoms with Gasteiger partial charge in [-0.3, -0.25) is 15.0 Å². The van der Waals surface area contributed by atoms with Crippen LogP contribution < -0.4 is 5.32 Å². The second-order valence-electron chi connectivity index (χ2n) is 6.85. The van der Waals surface area contributed by atoms with Crippen LogP contribution in [0.3, 0.4) is 0 Å². The van der Waals surface area contributed by atoms with Crippen LogP contribution in [0.15, 0.2) is 10.6 Å². The number of aryl methyl sites for hydroxylation is 1. The Kier molecular flexibility index (Phi) is 5.57. The molecule has 8 nitrogen and oxygen atoms in total. The third-order valence-electron chi connectivity index (χ3n) is 5.01. The summed E-state index contributed by atoms with van der Waals surface area (Å²) in [6.07, 6.45) is 3.42. The van der Waals surface area contributed by atoms with Gasteiger partial charge in [-0.2, -0.15) is 0 Å². The van der Waals surface area contributed by atoms with Gasteiger partial charge in [-0.15, -0.1) is 0 Å². The molecule has 3 rings (SSSR count). The zero-order valence-electron chi connectivity index (χ0n) is 15.0. The molecule has 8 heteroatoms. The molecule has 25 heavy (non-hydrogen) atoms. The molecule has 0 radical (unpaired) electrons. The third kappa shape index (κ3) is 4.31. The largest absolute Gasteiger partial charge is 0.338 e. The van der Waals surface area contributed by atoms with Crippen molar-refractivity contribution in [1.82, 2.24) is 19.9 Å². The molecule has 0 bridgehead atoms. The van der Waals surface area contributed by atoms with Crippen LogP contribution in [0.25, 0.3) is 0 Å². The topological polar surface area (TPSA) is 81.9 Å². The van der Waals surface area contributed by atoms with E-state index in [9.17, 15) is 9.59 Å². The van der Waals surface area contributed by atoms with Crippen molar-refractivity contribution >= 4 is 17.8 Å². The van der Waals surface area contributed by atoms with Gasteiger partial charge < -0.3 is 14.3 Å². The Hall–Kier alpha value is -2.09. The van der Waals surface area contributed by atoms with E-state index in [-0.39, 0.29) is 18.0 Å². The summed E-state index contributed by atoms with van der Waals surface area (Å²) in [5.41, 5.74) is 0.729. The normalized spacial score (nSPS) is 20.4. The van der Waals surface area contributed by atoms with Gasteiger partial charge in [0.05, 0.1) is 11.7 Å². The summed E-state index contributed by atoms with van der Waals surface area (Å²) in [6.45, 7) is 8.14. The summed E-state index contributed by atoms with van der Waals surface area (Å²) in [6, 6.07) is 1.56. The molecule has 0 saturated carbocycles. The summed E-state index contributed by atoms with van der Waals surface area (Å²) in [5.74, 6) is 0.250. The van der Waals surface area contributed by atoms with Crippen molar-refractivity contribution in [3.05, 3.63) is 11.8 Å². The summed E-state index contributed by atoms with van der Waals surface area (Å²) < 4.78 is 5.03. The Bertz CT molecular complexity index is 603. The van der Waals surface area contributed by atoms with Crippen molar-refractivity contribution in [2.75, 3.05) is 44.6 Å². The third-order valence-corrected chi connectivity index (χ3v) is 5.01. The second-order valence-corrected chi connectivity index (χ2v) is 6.85. The summed E-state index contributed by atoms with van der Waals surface area (Å²) in [5, 5.41) is 6.51. The van der Waals surface area contributed by atoms with E-state index in [1.54, 1.807) is 13.0 Å². The van der Waals surface area contributed by atoms with Crippen molar-refractivity contribution in [2.24, 2.45) is 0 Å². The first-order valence-corrected chi connectivity index (χ1v) is 9.06. The number of carbonyl (C=O) groups excluding carboxylic acids is 2. The predicted octanol–water partition coefficient (Wildman–Crippen LogP) is 1.53. The molecule has 3 amide bonds. The zero-order valence-corrected chi connectivity index (χ0v) is 15.0. The van der Waals surface area contributed by atoms with Crippen LogP contribution >= 0.6 is 0 Å². The zero-order chi connectivity index (χ0) is 17.8. The number of piperazine rings is 1. The maximum absolute atomic E-state index is 12.5. The number of likely N-dealkylation sites (tertiary alicyclic amines) is 1. The fraction of sp³-hybridized carbons (Fsp3) is 0.706. The monoisotopic (exact) mass is 349 g/mol. The molecule has 0 aromatic carbocycles. The number of carbonyl (C=O) groups is 2. The highest BCUT2D eigenvalue weighted by Crippen LogP contribution is 2.15. The Morgan fingerprint density at radius 1 is 1.08 bits per heavy atom. The first-order valence-electron chi connectivity index (χ1n) is 9.06. The highest BCUT2D eigenvalue weighted by atomic mass is 16.5. The first-order chi connectivity index (χ1) is 12.0. The number of hydrogen-bond acceptors (Lipinski definition) is 5. The molecule has 3 heterocycles. The lowest BCUT2D eigenvalue weighted by Gasteiger charge is -2.40. The molecule has 2 aliphatic rings. The first kappa shape index (κ1) is 17.7. The minimum Gasteiger partial charge on any atom is -0.338 e. The Labute approximate surface area is 148 Å². The minimum absolute atomic E-state index is 0.119. The average Bonchev–Trinajstić information content (AvgIpc) is 3.06. The highest BCUT2D eigenvalue weighted by Gasteiger charge is 2.30. The van der Waals surface area contributed by atoms with E-state index >= 15 is 0 Å². The minimum atomic E-state index is -0.280. The van der Waals surface area contributed by atoms with Gasteiger partial charge in [0, 0.05) is 45.3 Å². The van der Waals surface area contributed by atoms with Gasteiger partial charge in [0.25, 0.3) is 0 Å². The van der Waals surface area contributed by atoms with Crippen molar-refractivity contribution in [2.45, 2.75) is 39.2 Å². The number of urea groups is 1. The molecule has 0 aliphatic carbocycles. The van der Waals surface area contributed by atoms with E-state index in [1.807, 2.05) is 16.7 Å². The molecule has 1 atom stereocenters. The average molecular weight is 349 g/mol. The van der Waals surface area contributed by atoms with Crippen LogP contribution in [0.5, 0.6) is 0 Å². The van der Waals surface area contributed by atoms with E-state index in [0.29, 0.717) is 32.1 Å². The molecule has 2 aliphatic heterocycles. The fourth-order valence-electron chi connectivity index (χ4n) is 3.40. The lowest BCUT2D eigenvalue weighted by molar-refractivity contribution is -0.121. The van der Waals surface area contributed by atoms with Gasteiger partial charge in [-0.1, -0.05) is 5.16 Å². The quantitative estimate of drug-likeness (QED) is 0.895. The van der Waals surface area contributed by atoms with E-state index in [2.05, 4.69) is 15.4 Å². The van der Waals surface area contributed by atoms with Crippen LogP contribution in [0.4, 0.5) is 10.7 Å². The SMILES string of the molecule is Cc1cc(NC(=O)[C@@H](C)N2CCN(C(=O)N3CCCCC3)CC2)on1. The second kappa shape index (κ2) is 7.86. The van der Waals surface area contributed by atoms with Gasteiger partial charge >= 0.3 is 6.03 Å². The number of rotatable bonds is 3. The van der Waals surface area contributed by atoms with Gasteiger partial charge in [0.1, 0.15) is 0 Å².